The first-order valence-corrected chi connectivity index (χ1v) is 10.8. The van der Waals surface area contributed by atoms with E-state index >= 15 is 0 Å². The molecule has 9 nitrogen and oxygen atoms in total. The van der Waals surface area contributed by atoms with Gasteiger partial charge in [0.05, 0.1) is 5.92 Å². The molecule has 170 valence electrons. The fourth-order valence-electron chi connectivity index (χ4n) is 3.63. The highest BCUT2D eigenvalue weighted by Gasteiger charge is 2.32. The van der Waals surface area contributed by atoms with Crippen LogP contribution in [0.3, 0.4) is 0 Å². The quantitative estimate of drug-likeness (QED) is 0.670. The summed E-state index contributed by atoms with van der Waals surface area (Å²) in [6.45, 7) is 7.62. The van der Waals surface area contributed by atoms with Gasteiger partial charge in [-0.3, -0.25) is 14.9 Å². The molecule has 0 aromatic carbocycles. The van der Waals surface area contributed by atoms with Crippen LogP contribution in [0, 0.1) is 5.92 Å². The van der Waals surface area contributed by atoms with Gasteiger partial charge in [0.25, 0.3) is 5.91 Å². The number of imide groups is 1. The van der Waals surface area contributed by atoms with Gasteiger partial charge in [-0.15, -0.1) is 0 Å². The average molecular weight is 426 g/mol. The smallest absolute Gasteiger partial charge is 0.410 e. The molecule has 1 saturated carbocycles. The van der Waals surface area contributed by atoms with Crippen LogP contribution in [-0.2, 0) is 19.1 Å². The van der Waals surface area contributed by atoms with Gasteiger partial charge in [0.1, 0.15) is 5.60 Å². The SMILES string of the molecule is CC(OC(=O)C1CCN(C(=O)OC(C)(C)C)CC1)C(=O)NC(=O)NC1CCCCC1. The minimum atomic E-state index is -1.07. The summed E-state index contributed by atoms with van der Waals surface area (Å²) in [5.74, 6) is -1.54. The van der Waals surface area contributed by atoms with Crippen LogP contribution in [0.15, 0.2) is 0 Å². The second-order valence-corrected chi connectivity index (χ2v) is 9.12. The number of urea groups is 1. The predicted octanol–water partition coefficient (Wildman–Crippen LogP) is 2.72. The number of ether oxygens (including phenoxy) is 2. The Bertz CT molecular complexity index is 631. The summed E-state index contributed by atoms with van der Waals surface area (Å²) in [6, 6.07) is -0.472. The fraction of sp³-hybridized carbons (Fsp3) is 0.810. The largest absolute Gasteiger partial charge is 0.452 e. The molecule has 2 fully saturated rings. The molecule has 2 aliphatic rings. The van der Waals surface area contributed by atoms with E-state index < -0.39 is 41.6 Å². The standard InChI is InChI=1S/C21H35N3O6/c1-14(17(25)23-19(27)22-16-8-6-5-7-9-16)29-18(26)15-10-12-24(13-11-15)20(28)30-21(2,3)4/h14-16H,5-13H2,1-4H3,(H2,22,23,25,27). The highest BCUT2D eigenvalue weighted by atomic mass is 16.6. The van der Waals surface area contributed by atoms with Crippen LogP contribution in [0.2, 0.25) is 0 Å². The normalized spacial score (nSPS) is 19.5. The third-order valence-corrected chi connectivity index (χ3v) is 5.32. The summed E-state index contributed by atoms with van der Waals surface area (Å²) in [7, 11) is 0. The first-order valence-electron chi connectivity index (χ1n) is 10.8. The van der Waals surface area contributed by atoms with Crippen LogP contribution in [0.4, 0.5) is 9.59 Å². The van der Waals surface area contributed by atoms with Gasteiger partial charge in [0.15, 0.2) is 6.10 Å². The minimum absolute atomic E-state index is 0.0829. The summed E-state index contributed by atoms with van der Waals surface area (Å²) in [5, 5.41) is 5.04. The van der Waals surface area contributed by atoms with Gasteiger partial charge in [-0.25, -0.2) is 9.59 Å². The number of hydrogen-bond acceptors (Lipinski definition) is 6. The van der Waals surface area contributed by atoms with E-state index in [0.717, 1.165) is 25.7 Å². The Labute approximate surface area is 178 Å². The van der Waals surface area contributed by atoms with Crippen LogP contribution < -0.4 is 10.6 Å². The highest BCUT2D eigenvalue weighted by Crippen LogP contribution is 2.21. The molecule has 1 aliphatic carbocycles. The molecule has 9 heteroatoms. The van der Waals surface area contributed by atoms with Gasteiger partial charge in [-0.2, -0.15) is 0 Å². The maximum Gasteiger partial charge on any atom is 0.410 e. The number of esters is 1. The molecule has 1 heterocycles. The Kier molecular flexibility index (Phi) is 8.49. The van der Waals surface area contributed by atoms with E-state index in [-0.39, 0.29) is 6.04 Å². The van der Waals surface area contributed by atoms with Crippen molar-refractivity contribution in [1.29, 1.82) is 0 Å². The molecular weight excluding hydrogens is 390 g/mol. The Balaban J connectivity index is 1.71. The van der Waals surface area contributed by atoms with Crippen LogP contribution >= 0.6 is 0 Å². The van der Waals surface area contributed by atoms with Gasteiger partial charge in [0, 0.05) is 19.1 Å². The molecule has 0 aromatic heterocycles. The number of piperidine rings is 1. The number of nitrogens with one attached hydrogen (secondary N) is 2. The second-order valence-electron chi connectivity index (χ2n) is 9.12. The number of rotatable bonds is 4. The van der Waals surface area contributed by atoms with E-state index in [9.17, 15) is 19.2 Å². The lowest BCUT2D eigenvalue weighted by atomic mass is 9.96. The van der Waals surface area contributed by atoms with Crippen LogP contribution in [-0.4, -0.2) is 59.7 Å². The molecule has 1 atom stereocenters. The van der Waals surface area contributed by atoms with Crippen molar-refractivity contribution in [3.8, 4) is 0 Å². The zero-order valence-corrected chi connectivity index (χ0v) is 18.5. The van der Waals surface area contributed by atoms with E-state index in [1.165, 1.54) is 13.3 Å². The van der Waals surface area contributed by atoms with Crippen molar-refractivity contribution in [2.45, 2.75) is 90.4 Å². The van der Waals surface area contributed by atoms with Crippen molar-refractivity contribution in [2.24, 2.45) is 5.92 Å². The molecule has 0 spiro atoms. The van der Waals surface area contributed by atoms with Crippen LogP contribution in [0.5, 0.6) is 0 Å². The molecule has 4 amide bonds. The third-order valence-electron chi connectivity index (χ3n) is 5.32. The van der Waals surface area contributed by atoms with Gasteiger partial charge in [-0.05, 0) is 53.4 Å². The molecule has 0 aromatic rings. The molecule has 2 rings (SSSR count). The molecule has 30 heavy (non-hydrogen) atoms. The van der Waals surface area contributed by atoms with E-state index in [1.54, 1.807) is 25.7 Å². The maximum atomic E-state index is 12.4. The number of hydrogen-bond donors (Lipinski definition) is 2. The van der Waals surface area contributed by atoms with E-state index in [1.807, 2.05) is 0 Å². The maximum absolute atomic E-state index is 12.4. The van der Waals surface area contributed by atoms with Crippen molar-refractivity contribution in [2.75, 3.05) is 13.1 Å². The van der Waals surface area contributed by atoms with Gasteiger partial charge in [0.2, 0.25) is 0 Å². The Morgan fingerprint density at radius 3 is 2.13 bits per heavy atom. The summed E-state index contributed by atoms with van der Waals surface area (Å²) < 4.78 is 10.6. The number of carbonyl (C=O) groups is 4. The Morgan fingerprint density at radius 1 is 0.967 bits per heavy atom. The topological polar surface area (TPSA) is 114 Å². The van der Waals surface area contributed by atoms with E-state index in [2.05, 4.69) is 10.6 Å². The second kappa shape index (κ2) is 10.6. The average Bonchev–Trinajstić information content (AvgIpc) is 2.67. The molecule has 1 saturated heterocycles. The van der Waals surface area contributed by atoms with Gasteiger partial charge < -0.3 is 19.7 Å². The number of nitrogens with zero attached hydrogens (tertiary/aromatic N) is 1. The first kappa shape index (κ1) is 24.0. The molecule has 0 radical (unpaired) electrons. The van der Waals surface area contributed by atoms with E-state index in [0.29, 0.717) is 25.9 Å². The van der Waals surface area contributed by atoms with Crippen LogP contribution in [0.1, 0.15) is 72.6 Å². The lowest BCUT2D eigenvalue weighted by molar-refractivity contribution is -0.159. The lowest BCUT2D eigenvalue weighted by Crippen LogP contribution is -2.49. The number of likely N-dealkylation sites (tertiary alicyclic amines) is 1. The Hall–Kier alpha value is -2.32. The van der Waals surface area contributed by atoms with Crippen molar-refractivity contribution in [3.05, 3.63) is 0 Å². The zero-order valence-electron chi connectivity index (χ0n) is 18.5. The molecule has 1 aliphatic heterocycles. The summed E-state index contributed by atoms with van der Waals surface area (Å²) >= 11 is 0. The molecule has 1 unspecified atom stereocenters. The molecule has 2 N–H and O–H groups in total. The summed E-state index contributed by atoms with van der Waals surface area (Å²) in [5.41, 5.74) is -0.571. The van der Waals surface area contributed by atoms with Crippen LogP contribution in [0.25, 0.3) is 0 Å². The zero-order chi connectivity index (χ0) is 22.3. The lowest BCUT2D eigenvalue weighted by Gasteiger charge is -2.32. The van der Waals surface area contributed by atoms with Crippen molar-refractivity contribution in [1.82, 2.24) is 15.5 Å². The Morgan fingerprint density at radius 2 is 1.57 bits per heavy atom. The first-order chi connectivity index (χ1) is 14.0. The molecular formula is C21H35N3O6. The number of carbonyl (C=O) groups excluding carboxylic acids is 4. The third kappa shape index (κ3) is 7.84. The van der Waals surface area contributed by atoms with Crippen molar-refractivity contribution >= 4 is 24.0 Å². The van der Waals surface area contributed by atoms with E-state index in [4.69, 9.17) is 9.47 Å². The van der Waals surface area contributed by atoms with Gasteiger partial charge in [-0.1, -0.05) is 19.3 Å². The summed E-state index contributed by atoms with van der Waals surface area (Å²) in [6.07, 6.45) is 4.54. The predicted molar refractivity (Wildman–Crippen MR) is 110 cm³/mol. The minimum Gasteiger partial charge on any atom is -0.452 e. The monoisotopic (exact) mass is 425 g/mol. The summed E-state index contributed by atoms with van der Waals surface area (Å²) in [4.78, 5) is 50.2. The van der Waals surface area contributed by atoms with Crippen molar-refractivity contribution in [3.63, 3.8) is 0 Å². The highest BCUT2D eigenvalue weighted by molar-refractivity contribution is 5.97. The van der Waals surface area contributed by atoms with Crippen molar-refractivity contribution < 1.29 is 28.7 Å². The van der Waals surface area contributed by atoms with Gasteiger partial charge >= 0.3 is 18.1 Å². The fourth-order valence-corrected chi connectivity index (χ4v) is 3.63. The number of amides is 4. The molecule has 0 bridgehead atoms.